The van der Waals surface area contributed by atoms with Crippen molar-refractivity contribution in [1.29, 1.82) is 5.26 Å². The Morgan fingerprint density at radius 2 is 1.90 bits per heavy atom. The van der Waals surface area contributed by atoms with Gasteiger partial charge in [-0.2, -0.15) is 5.26 Å². The molecule has 1 aromatic rings. The van der Waals surface area contributed by atoms with Gasteiger partial charge in [0.05, 0.1) is 23.2 Å². The van der Waals surface area contributed by atoms with Crippen LogP contribution < -0.4 is 16.8 Å². The molecule has 7 heteroatoms. The minimum absolute atomic E-state index is 0.0279. The molecule has 3 rings (SSSR count). The number of nitrogens with zero attached hydrogens (tertiary/aromatic N) is 3. The normalized spacial score (nSPS) is 26.5. The highest BCUT2D eigenvalue weighted by atomic mass is 16.1. The largest absolute Gasteiger partial charge is 0.386 e. The number of para-hydroxylation sites is 1. The van der Waals surface area contributed by atoms with Gasteiger partial charge in [-0.15, -0.1) is 0 Å². The molecule has 154 valence electrons. The standard InChI is InChI=1S/C22H30N6O/c23-14-16-13-18(28-11-5-2-6-12-28)9-10-20(16)26-15-19(22(25)29)21(24)27-17-7-3-1-4-8-17/h1,3-4,7-8,15-16,18,20,26H,2,5-6,9-13H2,(H2,24,27)(H2,25,29)/b19-15+/t16-,18+,20+/m1/s1. The maximum Gasteiger partial charge on any atom is 0.253 e. The Bertz CT molecular complexity index is 791. The van der Waals surface area contributed by atoms with Gasteiger partial charge in [0, 0.05) is 18.3 Å². The van der Waals surface area contributed by atoms with Gasteiger partial charge in [-0.3, -0.25) is 4.79 Å². The maximum absolute atomic E-state index is 11.9. The lowest BCUT2D eigenvalue weighted by Crippen LogP contribution is -2.47. The van der Waals surface area contributed by atoms with Gasteiger partial charge in [-0.1, -0.05) is 24.6 Å². The molecule has 3 atom stereocenters. The summed E-state index contributed by atoms with van der Waals surface area (Å²) < 4.78 is 0. The molecular weight excluding hydrogens is 364 g/mol. The summed E-state index contributed by atoms with van der Waals surface area (Å²) in [6.07, 6.45) is 8.10. The van der Waals surface area contributed by atoms with E-state index in [1.165, 1.54) is 25.5 Å². The zero-order valence-electron chi connectivity index (χ0n) is 16.8. The molecular formula is C22H30N6O. The lowest BCUT2D eigenvalue weighted by atomic mass is 9.81. The van der Waals surface area contributed by atoms with Gasteiger partial charge in [0.2, 0.25) is 0 Å². The Kier molecular flexibility index (Phi) is 7.25. The fraction of sp³-hybridized carbons (Fsp3) is 0.500. The van der Waals surface area contributed by atoms with Crippen molar-refractivity contribution in [2.45, 2.75) is 50.6 Å². The number of piperidine rings is 1. The van der Waals surface area contributed by atoms with E-state index < -0.39 is 5.91 Å². The van der Waals surface area contributed by atoms with Crippen LogP contribution in [0.2, 0.25) is 0 Å². The number of nitriles is 1. The van der Waals surface area contributed by atoms with E-state index in [4.69, 9.17) is 11.5 Å². The minimum atomic E-state index is -0.648. The Labute approximate surface area is 172 Å². The summed E-state index contributed by atoms with van der Waals surface area (Å²) in [4.78, 5) is 18.7. The first-order valence-corrected chi connectivity index (χ1v) is 10.4. The van der Waals surface area contributed by atoms with Gasteiger partial charge in [0.25, 0.3) is 5.91 Å². The summed E-state index contributed by atoms with van der Waals surface area (Å²) in [6, 6.07) is 12.1. The molecule has 1 saturated heterocycles. The number of benzene rings is 1. The zero-order chi connectivity index (χ0) is 20.6. The molecule has 1 aliphatic carbocycles. The van der Waals surface area contributed by atoms with Crippen molar-refractivity contribution in [1.82, 2.24) is 10.2 Å². The highest BCUT2D eigenvalue weighted by Crippen LogP contribution is 2.29. The lowest BCUT2D eigenvalue weighted by molar-refractivity contribution is -0.114. The van der Waals surface area contributed by atoms with Crippen LogP contribution in [0.5, 0.6) is 0 Å². The van der Waals surface area contributed by atoms with Crippen molar-refractivity contribution in [3.63, 3.8) is 0 Å². The van der Waals surface area contributed by atoms with E-state index >= 15 is 0 Å². The SMILES string of the molecule is N#C[C@H]1C[C@@H](N2CCCCC2)CC[C@@H]1N/C=C(/C(N)=O)C(N)=Nc1ccccc1. The smallest absolute Gasteiger partial charge is 0.253 e. The van der Waals surface area contributed by atoms with Gasteiger partial charge in [0.1, 0.15) is 5.84 Å². The van der Waals surface area contributed by atoms with Crippen molar-refractivity contribution >= 4 is 17.4 Å². The Morgan fingerprint density at radius 3 is 2.55 bits per heavy atom. The third kappa shape index (κ3) is 5.58. The van der Waals surface area contributed by atoms with Gasteiger partial charge in [-0.25, -0.2) is 4.99 Å². The third-order valence-electron chi connectivity index (χ3n) is 5.88. The molecule has 1 heterocycles. The van der Waals surface area contributed by atoms with E-state index in [9.17, 15) is 10.1 Å². The number of carbonyl (C=O) groups excluding carboxylic acids is 1. The van der Waals surface area contributed by atoms with Crippen LogP contribution in [-0.4, -0.2) is 41.8 Å². The summed E-state index contributed by atoms with van der Waals surface area (Å²) in [6.45, 7) is 2.28. The van der Waals surface area contributed by atoms with Crippen LogP contribution in [0.25, 0.3) is 0 Å². The quantitative estimate of drug-likeness (QED) is 0.388. The van der Waals surface area contributed by atoms with E-state index in [2.05, 4.69) is 21.3 Å². The molecule has 0 radical (unpaired) electrons. The molecule has 1 saturated carbocycles. The number of hydrogen-bond acceptors (Lipinski definition) is 5. The maximum atomic E-state index is 11.9. The number of nitrogens with one attached hydrogen (secondary N) is 1. The second-order valence-corrected chi connectivity index (χ2v) is 7.83. The predicted molar refractivity (Wildman–Crippen MR) is 114 cm³/mol. The molecule has 1 aromatic carbocycles. The van der Waals surface area contributed by atoms with E-state index in [-0.39, 0.29) is 23.4 Å². The molecule has 2 aliphatic rings. The second kappa shape index (κ2) is 10.1. The van der Waals surface area contributed by atoms with Crippen molar-refractivity contribution in [2.24, 2.45) is 22.4 Å². The number of primary amides is 1. The van der Waals surface area contributed by atoms with Gasteiger partial charge < -0.3 is 21.7 Å². The topological polar surface area (TPSA) is 121 Å². The number of hydrogen-bond donors (Lipinski definition) is 3. The molecule has 1 aliphatic heterocycles. The van der Waals surface area contributed by atoms with E-state index in [1.807, 2.05) is 18.2 Å². The van der Waals surface area contributed by atoms with Crippen molar-refractivity contribution < 1.29 is 4.79 Å². The Morgan fingerprint density at radius 1 is 1.17 bits per heavy atom. The van der Waals surface area contributed by atoms with E-state index in [0.717, 1.165) is 32.4 Å². The molecule has 2 fully saturated rings. The van der Waals surface area contributed by atoms with Crippen LogP contribution in [0.4, 0.5) is 5.69 Å². The van der Waals surface area contributed by atoms with Gasteiger partial charge in [0.15, 0.2) is 0 Å². The van der Waals surface area contributed by atoms with Crippen LogP contribution >= 0.6 is 0 Å². The van der Waals surface area contributed by atoms with Crippen LogP contribution in [0.3, 0.4) is 0 Å². The predicted octanol–water partition coefficient (Wildman–Crippen LogP) is 2.18. The number of amides is 1. The average Bonchev–Trinajstić information content (AvgIpc) is 2.75. The van der Waals surface area contributed by atoms with Gasteiger partial charge >= 0.3 is 0 Å². The Balaban J connectivity index is 1.66. The summed E-state index contributed by atoms with van der Waals surface area (Å²) in [5.41, 5.74) is 12.3. The van der Waals surface area contributed by atoms with E-state index in [1.54, 1.807) is 12.1 Å². The highest BCUT2D eigenvalue weighted by molar-refractivity contribution is 6.20. The van der Waals surface area contributed by atoms with Crippen molar-refractivity contribution in [2.75, 3.05) is 13.1 Å². The molecule has 0 aromatic heterocycles. The summed E-state index contributed by atoms with van der Waals surface area (Å²) in [5.74, 6) is -0.703. The zero-order valence-corrected chi connectivity index (χ0v) is 16.8. The highest BCUT2D eigenvalue weighted by Gasteiger charge is 2.33. The van der Waals surface area contributed by atoms with Gasteiger partial charge in [-0.05, 0) is 57.3 Å². The number of aliphatic imine (C=N–C) groups is 1. The molecule has 0 spiro atoms. The van der Waals surface area contributed by atoms with Crippen molar-refractivity contribution in [3.8, 4) is 6.07 Å². The number of nitrogens with two attached hydrogens (primary N) is 2. The van der Waals surface area contributed by atoms with Crippen LogP contribution in [0, 0.1) is 17.2 Å². The van der Waals surface area contributed by atoms with Crippen LogP contribution in [0.15, 0.2) is 47.1 Å². The van der Waals surface area contributed by atoms with Crippen LogP contribution in [-0.2, 0) is 4.79 Å². The monoisotopic (exact) mass is 394 g/mol. The molecule has 1 amide bonds. The molecule has 29 heavy (non-hydrogen) atoms. The number of amidine groups is 1. The second-order valence-electron chi connectivity index (χ2n) is 7.83. The summed E-state index contributed by atoms with van der Waals surface area (Å²) >= 11 is 0. The fourth-order valence-corrected chi connectivity index (χ4v) is 4.27. The van der Waals surface area contributed by atoms with E-state index in [0.29, 0.717) is 11.7 Å². The number of rotatable bonds is 6. The first-order chi connectivity index (χ1) is 14.1. The summed E-state index contributed by atoms with van der Waals surface area (Å²) in [5, 5.41) is 12.9. The molecule has 7 nitrogen and oxygen atoms in total. The average molecular weight is 395 g/mol. The van der Waals surface area contributed by atoms with Crippen LogP contribution in [0.1, 0.15) is 38.5 Å². The molecule has 0 unspecified atom stereocenters. The third-order valence-corrected chi connectivity index (χ3v) is 5.88. The molecule has 5 N–H and O–H groups in total. The molecule has 0 bridgehead atoms. The minimum Gasteiger partial charge on any atom is -0.386 e. The fourth-order valence-electron chi connectivity index (χ4n) is 4.27. The first-order valence-electron chi connectivity index (χ1n) is 10.4. The lowest BCUT2D eigenvalue weighted by Gasteiger charge is -2.40. The Hall–Kier alpha value is -2.85. The first kappa shape index (κ1) is 20.9. The van der Waals surface area contributed by atoms with Crippen molar-refractivity contribution in [3.05, 3.63) is 42.1 Å². The number of likely N-dealkylation sites (tertiary alicyclic amines) is 1. The summed E-state index contributed by atoms with van der Waals surface area (Å²) in [7, 11) is 0. The number of carbonyl (C=O) groups is 1.